The molecule has 0 saturated heterocycles. The van der Waals surface area contributed by atoms with E-state index in [4.69, 9.17) is 5.84 Å². The number of hydrogen-bond acceptors (Lipinski definition) is 2. The number of rotatable bonds is 1. The zero-order valence-corrected chi connectivity index (χ0v) is 8.26. The van der Waals surface area contributed by atoms with Gasteiger partial charge in [-0.15, -0.1) is 0 Å². The Balaban J connectivity index is 2.34. The zero-order chi connectivity index (χ0) is 8.10. The molecule has 63 valence electrons. The number of aliphatic imine (C=N–C) groups is 1. The van der Waals surface area contributed by atoms with E-state index < -0.39 is 0 Å². The molecule has 1 fully saturated rings. The summed E-state index contributed by atoms with van der Waals surface area (Å²) >= 11 is 2.79. The maximum absolute atomic E-state index is 5.18. The zero-order valence-electron chi connectivity index (χ0n) is 6.55. The molecule has 1 radical (unpaired) electrons. The van der Waals surface area contributed by atoms with Crippen LogP contribution in [-0.4, -0.2) is 26.8 Å². The minimum absolute atomic E-state index is 0.496. The summed E-state index contributed by atoms with van der Waals surface area (Å²) in [7, 11) is 0. The van der Waals surface area contributed by atoms with Crippen molar-refractivity contribution >= 4 is 20.7 Å². The molecule has 0 aromatic heterocycles. The number of nitrogens with one attached hydrogen (secondary N) is 1. The fourth-order valence-electron chi connectivity index (χ4n) is 1.41. The molecule has 3 N–H and O–H groups in total. The van der Waals surface area contributed by atoms with E-state index in [1.165, 1.54) is 32.1 Å². The van der Waals surface area contributed by atoms with Crippen LogP contribution in [0.1, 0.15) is 32.1 Å². The van der Waals surface area contributed by atoms with Crippen molar-refractivity contribution in [2.45, 2.75) is 38.1 Å². The van der Waals surface area contributed by atoms with Gasteiger partial charge in [-0.25, -0.2) is 0 Å². The SMILES string of the molecule is NNC([Se])=NC1CCCCC1. The summed E-state index contributed by atoms with van der Waals surface area (Å²) in [5, 5.41) is 0. The average molecular weight is 219 g/mol. The van der Waals surface area contributed by atoms with Crippen LogP contribution in [0.15, 0.2) is 4.99 Å². The standard InChI is InChI=1S/C7H14N3Se/c8-10-7(11)9-6-4-2-1-3-5-6/h6H,1-5,8H2,(H,9,10). The molecule has 0 aromatic rings. The molecule has 11 heavy (non-hydrogen) atoms. The van der Waals surface area contributed by atoms with E-state index in [-0.39, 0.29) is 0 Å². The molecule has 0 bridgehead atoms. The number of amidine groups is 1. The minimum atomic E-state index is 0.496. The van der Waals surface area contributed by atoms with Gasteiger partial charge in [0.05, 0.1) is 0 Å². The predicted octanol–water partition coefficient (Wildman–Crippen LogP) is 0.307. The average Bonchev–Trinajstić information content (AvgIpc) is 2.06. The van der Waals surface area contributed by atoms with Gasteiger partial charge in [0, 0.05) is 0 Å². The van der Waals surface area contributed by atoms with Crippen LogP contribution in [0.25, 0.3) is 0 Å². The van der Waals surface area contributed by atoms with E-state index in [2.05, 4.69) is 26.4 Å². The molecule has 1 aliphatic rings. The first-order chi connectivity index (χ1) is 5.33. The summed E-state index contributed by atoms with van der Waals surface area (Å²) < 4.78 is 0.733. The van der Waals surface area contributed by atoms with Crippen molar-refractivity contribution in [3.63, 3.8) is 0 Å². The molecule has 1 rings (SSSR count). The first kappa shape index (κ1) is 9.04. The molecule has 0 heterocycles. The third kappa shape index (κ3) is 3.23. The Hall–Kier alpha value is -0.0505. The van der Waals surface area contributed by atoms with Crippen LogP contribution >= 0.6 is 0 Å². The molecule has 1 aliphatic carbocycles. The summed E-state index contributed by atoms with van der Waals surface area (Å²) in [5.41, 5.74) is 2.51. The van der Waals surface area contributed by atoms with E-state index in [9.17, 15) is 0 Å². The predicted molar refractivity (Wildman–Crippen MR) is 47.4 cm³/mol. The third-order valence-corrected chi connectivity index (χ3v) is 2.47. The number of hydrogen-bond donors (Lipinski definition) is 2. The topological polar surface area (TPSA) is 50.4 Å². The third-order valence-electron chi connectivity index (χ3n) is 2.00. The quantitative estimate of drug-likeness (QED) is 0.219. The molecule has 0 atom stereocenters. The summed E-state index contributed by atoms with van der Waals surface area (Å²) in [5.74, 6) is 5.18. The normalized spacial score (nSPS) is 21.7. The maximum atomic E-state index is 5.18. The first-order valence-electron chi connectivity index (χ1n) is 4.04. The van der Waals surface area contributed by atoms with Crippen molar-refractivity contribution in [1.82, 2.24) is 5.43 Å². The Labute approximate surface area is 75.6 Å². The number of nitrogens with two attached hydrogens (primary N) is 1. The van der Waals surface area contributed by atoms with Crippen molar-refractivity contribution < 1.29 is 0 Å². The fourth-order valence-corrected chi connectivity index (χ4v) is 1.73. The van der Waals surface area contributed by atoms with Gasteiger partial charge < -0.3 is 0 Å². The second kappa shape index (κ2) is 4.75. The van der Waals surface area contributed by atoms with Gasteiger partial charge in [0.15, 0.2) is 0 Å². The second-order valence-electron chi connectivity index (χ2n) is 2.87. The van der Waals surface area contributed by atoms with Crippen molar-refractivity contribution in [1.29, 1.82) is 0 Å². The van der Waals surface area contributed by atoms with E-state index in [0.717, 1.165) is 4.73 Å². The molecule has 0 aliphatic heterocycles. The fraction of sp³-hybridized carbons (Fsp3) is 0.857. The van der Waals surface area contributed by atoms with Crippen LogP contribution in [0, 0.1) is 0 Å². The van der Waals surface area contributed by atoms with E-state index >= 15 is 0 Å². The molecular formula is C7H14N3Se. The summed E-state index contributed by atoms with van der Waals surface area (Å²) in [6.07, 6.45) is 6.42. The second-order valence-corrected chi connectivity index (χ2v) is 3.68. The number of hydrazine groups is 1. The molecule has 4 heteroatoms. The summed E-state index contributed by atoms with van der Waals surface area (Å²) in [4.78, 5) is 4.38. The van der Waals surface area contributed by atoms with Crippen LogP contribution in [0.5, 0.6) is 0 Å². The Morgan fingerprint density at radius 1 is 1.36 bits per heavy atom. The van der Waals surface area contributed by atoms with Gasteiger partial charge in [-0.1, -0.05) is 0 Å². The Kier molecular flexibility index (Phi) is 3.91. The van der Waals surface area contributed by atoms with Gasteiger partial charge in [0.2, 0.25) is 0 Å². The van der Waals surface area contributed by atoms with Crippen molar-refractivity contribution in [2.24, 2.45) is 10.8 Å². The molecule has 0 aromatic carbocycles. The van der Waals surface area contributed by atoms with Gasteiger partial charge in [0.1, 0.15) is 0 Å². The van der Waals surface area contributed by atoms with Gasteiger partial charge in [-0.05, 0) is 0 Å². The van der Waals surface area contributed by atoms with Crippen molar-refractivity contribution in [3.05, 3.63) is 0 Å². The van der Waals surface area contributed by atoms with Crippen LogP contribution in [0.3, 0.4) is 0 Å². The van der Waals surface area contributed by atoms with Crippen molar-refractivity contribution in [3.8, 4) is 0 Å². The van der Waals surface area contributed by atoms with Gasteiger partial charge in [-0.2, -0.15) is 0 Å². The van der Waals surface area contributed by atoms with Crippen LogP contribution in [-0.2, 0) is 0 Å². The van der Waals surface area contributed by atoms with Crippen LogP contribution in [0.2, 0.25) is 0 Å². The Morgan fingerprint density at radius 3 is 2.55 bits per heavy atom. The van der Waals surface area contributed by atoms with Crippen molar-refractivity contribution in [2.75, 3.05) is 0 Å². The Morgan fingerprint density at radius 2 is 2.00 bits per heavy atom. The molecular weight excluding hydrogens is 205 g/mol. The van der Waals surface area contributed by atoms with Gasteiger partial charge in [-0.3, -0.25) is 0 Å². The Bertz CT molecular complexity index is 141. The summed E-state index contributed by atoms with van der Waals surface area (Å²) in [6, 6.07) is 0.496. The van der Waals surface area contributed by atoms with E-state index in [1.54, 1.807) is 0 Å². The molecule has 0 unspecified atom stereocenters. The number of nitrogens with zero attached hydrogens (tertiary/aromatic N) is 1. The molecule has 0 spiro atoms. The van der Waals surface area contributed by atoms with Gasteiger partial charge >= 0.3 is 75.2 Å². The molecule has 3 nitrogen and oxygen atoms in total. The monoisotopic (exact) mass is 220 g/mol. The van der Waals surface area contributed by atoms with Crippen LogP contribution < -0.4 is 11.3 Å². The van der Waals surface area contributed by atoms with E-state index in [1.807, 2.05) is 0 Å². The van der Waals surface area contributed by atoms with Gasteiger partial charge in [0.25, 0.3) is 0 Å². The molecule has 0 amide bonds. The first-order valence-corrected chi connectivity index (χ1v) is 4.90. The van der Waals surface area contributed by atoms with Crippen LogP contribution in [0.4, 0.5) is 0 Å². The summed E-state index contributed by atoms with van der Waals surface area (Å²) in [6.45, 7) is 0. The molecule has 1 saturated carbocycles. The van der Waals surface area contributed by atoms with E-state index in [0.29, 0.717) is 6.04 Å².